The Kier molecular flexibility index (Phi) is 4.18. The van der Waals surface area contributed by atoms with Crippen LogP contribution in [0.1, 0.15) is 18.4 Å². The Bertz CT molecular complexity index is 407. The molecule has 2 rings (SSSR count). The van der Waals surface area contributed by atoms with E-state index in [9.17, 15) is 0 Å². The first-order chi connectivity index (χ1) is 8.11. The molecular formula is C13H18Cl2N2. The molecule has 1 aromatic carbocycles. The molecule has 1 aliphatic rings. The molecule has 1 atom stereocenters. The third kappa shape index (κ3) is 2.87. The molecule has 0 saturated heterocycles. The minimum Gasteiger partial charge on any atom is -0.373 e. The maximum Gasteiger partial charge on any atom is 0.0657 e. The number of nitrogens with zero attached hydrogens (tertiary/aromatic N) is 1. The fraction of sp³-hybridized carbons (Fsp3) is 0.538. The first-order valence-corrected chi connectivity index (χ1v) is 6.76. The zero-order valence-electron chi connectivity index (χ0n) is 10.0. The van der Waals surface area contributed by atoms with Crippen molar-refractivity contribution >= 4 is 28.9 Å². The summed E-state index contributed by atoms with van der Waals surface area (Å²) in [6, 6.07) is 3.86. The second-order valence-electron chi connectivity index (χ2n) is 4.75. The summed E-state index contributed by atoms with van der Waals surface area (Å²) < 4.78 is 0. The molecule has 2 nitrogen and oxygen atoms in total. The molecule has 0 spiro atoms. The molecule has 0 amide bonds. The lowest BCUT2D eigenvalue weighted by molar-refractivity contribution is 0.467. The lowest BCUT2D eigenvalue weighted by Gasteiger charge is -2.20. The van der Waals surface area contributed by atoms with Gasteiger partial charge in [0.2, 0.25) is 0 Å². The van der Waals surface area contributed by atoms with Crippen LogP contribution in [0.4, 0.5) is 5.69 Å². The Morgan fingerprint density at radius 2 is 2.18 bits per heavy atom. The third-order valence-corrected chi connectivity index (χ3v) is 3.95. The molecule has 4 heteroatoms. The van der Waals surface area contributed by atoms with Crippen LogP contribution in [-0.4, -0.2) is 20.1 Å². The highest BCUT2D eigenvalue weighted by Gasteiger charge is 2.21. The van der Waals surface area contributed by atoms with E-state index in [1.807, 2.05) is 12.1 Å². The van der Waals surface area contributed by atoms with Gasteiger partial charge in [0.15, 0.2) is 0 Å². The summed E-state index contributed by atoms with van der Waals surface area (Å²) in [6.07, 6.45) is 3.25. The van der Waals surface area contributed by atoms with Crippen molar-refractivity contribution in [1.29, 1.82) is 0 Å². The van der Waals surface area contributed by atoms with Crippen molar-refractivity contribution in [2.75, 3.05) is 25.0 Å². The Balaban J connectivity index is 2.37. The SMILES string of the molecule is CN1CCC(CCN)Cc2cc(Cl)cc(Cl)c21. The van der Waals surface area contributed by atoms with Crippen LogP contribution in [0.3, 0.4) is 0 Å². The van der Waals surface area contributed by atoms with E-state index in [1.165, 1.54) is 5.56 Å². The van der Waals surface area contributed by atoms with Crippen LogP contribution in [0.5, 0.6) is 0 Å². The van der Waals surface area contributed by atoms with Crippen LogP contribution in [0.25, 0.3) is 0 Å². The largest absolute Gasteiger partial charge is 0.373 e. The third-order valence-electron chi connectivity index (χ3n) is 3.45. The summed E-state index contributed by atoms with van der Waals surface area (Å²) >= 11 is 12.4. The zero-order chi connectivity index (χ0) is 12.4. The van der Waals surface area contributed by atoms with E-state index in [-0.39, 0.29) is 0 Å². The molecule has 1 aliphatic heterocycles. The van der Waals surface area contributed by atoms with Gasteiger partial charge in [-0.15, -0.1) is 0 Å². The van der Waals surface area contributed by atoms with Crippen molar-refractivity contribution in [2.45, 2.75) is 19.3 Å². The van der Waals surface area contributed by atoms with Gasteiger partial charge in [0.1, 0.15) is 0 Å². The van der Waals surface area contributed by atoms with Crippen molar-refractivity contribution in [1.82, 2.24) is 0 Å². The number of benzene rings is 1. The van der Waals surface area contributed by atoms with Crippen LogP contribution < -0.4 is 10.6 Å². The Hall–Kier alpha value is -0.440. The Labute approximate surface area is 113 Å². The standard InChI is InChI=1S/C13H18Cl2N2/c1-17-5-3-9(2-4-16)6-10-7-11(14)8-12(15)13(10)17/h7-9H,2-6,16H2,1H3. The quantitative estimate of drug-likeness (QED) is 0.895. The van der Waals surface area contributed by atoms with E-state index in [1.54, 1.807) is 0 Å². The van der Waals surface area contributed by atoms with Gasteiger partial charge >= 0.3 is 0 Å². The summed E-state index contributed by atoms with van der Waals surface area (Å²) in [7, 11) is 2.09. The van der Waals surface area contributed by atoms with Crippen LogP contribution in [0.2, 0.25) is 10.0 Å². The van der Waals surface area contributed by atoms with Gasteiger partial charge in [-0.1, -0.05) is 23.2 Å². The summed E-state index contributed by atoms with van der Waals surface area (Å²) in [5.41, 5.74) is 8.04. The zero-order valence-corrected chi connectivity index (χ0v) is 11.6. The molecule has 0 bridgehead atoms. The molecule has 2 N–H and O–H groups in total. The van der Waals surface area contributed by atoms with E-state index >= 15 is 0 Å². The monoisotopic (exact) mass is 272 g/mol. The normalized spacial score (nSPS) is 20.0. The van der Waals surface area contributed by atoms with E-state index in [0.29, 0.717) is 5.92 Å². The van der Waals surface area contributed by atoms with Crippen LogP contribution in [0.15, 0.2) is 12.1 Å². The predicted octanol–water partition coefficient (Wildman–Crippen LogP) is 3.34. The van der Waals surface area contributed by atoms with Crippen molar-refractivity contribution in [3.05, 3.63) is 27.7 Å². The van der Waals surface area contributed by atoms with E-state index < -0.39 is 0 Å². The second-order valence-corrected chi connectivity index (χ2v) is 5.60. The number of fused-ring (bicyclic) bond motifs is 1. The van der Waals surface area contributed by atoms with Crippen LogP contribution in [-0.2, 0) is 6.42 Å². The van der Waals surface area contributed by atoms with Crippen molar-refractivity contribution in [2.24, 2.45) is 11.7 Å². The Morgan fingerprint density at radius 3 is 2.88 bits per heavy atom. The molecule has 0 fully saturated rings. The molecule has 1 heterocycles. The topological polar surface area (TPSA) is 29.3 Å². The highest BCUT2D eigenvalue weighted by molar-refractivity contribution is 6.36. The summed E-state index contributed by atoms with van der Waals surface area (Å²) in [5, 5.41) is 1.47. The summed E-state index contributed by atoms with van der Waals surface area (Å²) in [6.45, 7) is 1.77. The number of rotatable bonds is 2. The van der Waals surface area contributed by atoms with Gasteiger partial charge in [-0.2, -0.15) is 0 Å². The highest BCUT2D eigenvalue weighted by atomic mass is 35.5. The fourth-order valence-corrected chi connectivity index (χ4v) is 3.27. The lowest BCUT2D eigenvalue weighted by atomic mass is 9.94. The number of hydrogen-bond donors (Lipinski definition) is 1. The number of anilines is 1. The van der Waals surface area contributed by atoms with Gasteiger partial charge in [0.25, 0.3) is 0 Å². The van der Waals surface area contributed by atoms with Crippen molar-refractivity contribution in [3.8, 4) is 0 Å². The van der Waals surface area contributed by atoms with Crippen molar-refractivity contribution < 1.29 is 0 Å². The van der Waals surface area contributed by atoms with Gasteiger partial charge in [-0.05, 0) is 49.4 Å². The first kappa shape index (κ1) is 13.0. The van der Waals surface area contributed by atoms with Crippen LogP contribution in [0, 0.1) is 5.92 Å². The molecule has 0 aliphatic carbocycles. The smallest absolute Gasteiger partial charge is 0.0657 e. The van der Waals surface area contributed by atoms with Gasteiger partial charge in [-0.25, -0.2) is 0 Å². The molecular weight excluding hydrogens is 255 g/mol. The van der Waals surface area contributed by atoms with Crippen molar-refractivity contribution in [3.63, 3.8) is 0 Å². The van der Waals surface area contributed by atoms with E-state index in [0.717, 1.165) is 48.1 Å². The summed E-state index contributed by atoms with van der Waals surface area (Å²) in [5.74, 6) is 0.637. The predicted molar refractivity (Wildman–Crippen MR) is 75.2 cm³/mol. The second kappa shape index (κ2) is 5.47. The maximum atomic E-state index is 6.29. The number of halogens is 2. The molecule has 0 aromatic heterocycles. The molecule has 0 radical (unpaired) electrons. The van der Waals surface area contributed by atoms with E-state index in [2.05, 4.69) is 11.9 Å². The molecule has 94 valence electrons. The number of nitrogens with two attached hydrogens (primary N) is 1. The fourth-order valence-electron chi connectivity index (χ4n) is 2.59. The van der Waals surface area contributed by atoms with E-state index in [4.69, 9.17) is 28.9 Å². The first-order valence-electron chi connectivity index (χ1n) is 6.01. The highest BCUT2D eigenvalue weighted by Crippen LogP contribution is 2.37. The molecule has 0 saturated carbocycles. The van der Waals surface area contributed by atoms with Crippen LogP contribution >= 0.6 is 23.2 Å². The average molecular weight is 273 g/mol. The maximum absolute atomic E-state index is 6.29. The molecule has 17 heavy (non-hydrogen) atoms. The van der Waals surface area contributed by atoms with Gasteiger partial charge in [0, 0.05) is 18.6 Å². The summed E-state index contributed by atoms with van der Waals surface area (Å²) in [4.78, 5) is 2.23. The minimum absolute atomic E-state index is 0.637. The minimum atomic E-state index is 0.637. The number of hydrogen-bond acceptors (Lipinski definition) is 2. The average Bonchev–Trinajstić information content (AvgIpc) is 2.39. The van der Waals surface area contributed by atoms with Gasteiger partial charge in [0.05, 0.1) is 10.7 Å². The lowest BCUT2D eigenvalue weighted by Crippen LogP contribution is -2.19. The van der Waals surface area contributed by atoms with Gasteiger partial charge < -0.3 is 10.6 Å². The Morgan fingerprint density at radius 1 is 1.41 bits per heavy atom. The molecule has 1 aromatic rings. The van der Waals surface area contributed by atoms with Gasteiger partial charge in [-0.3, -0.25) is 0 Å². The molecule has 1 unspecified atom stereocenters.